The fraction of sp³-hybridized carbons (Fsp3) is 0.409. The number of benzene rings is 1. The molecule has 4 rings (SSSR count). The molecule has 0 spiro atoms. The maximum Gasteiger partial charge on any atom is 0.419 e. The first-order chi connectivity index (χ1) is 13.8. The highest BCUT2D eigenvalue weighted by Crippen LogP contribution is 2.30. The first kappa shape index (κ1) is 19.4. The van der Waals surface area contributed by atoms with Crippen molar-refractivity contribution in [2.75, 3.05) is 18.0 Å². The summed E-state index contributed by atoms with van der Waals surface area (Å²) in [6, 6.07) is 6.20. The van der Waals surface area contributed by atoms with Crippen LogP contribution in [0.3, 0.4) is 0 Å². The predicted octanol–water partition coefficient (Wildman–Crippen LogP) is 5.01. The van der Waals surface area contributed by atoms with Gasteiger partial charge in [0.1, 0.15) is 11.4 Å². The molecule has 0 N–H and O–H groups in total. The maximum absolute atomic E-state index is 13.9. The Hall–Kier alpha value is -2.96. The monoisotopic (exact) mass is 396 g/mol. The molecule has 0 radical (unpaired) electrons. The number of anilines is 1. The highest BCUT2D eigenvalue weighted by Gasteiger charge is 2.24. The Balaban J connectivity index is 1.76. The van der Waals surface area contributed by atoms with Crippen molar-refractivity contribution >= 4 is 22.9 Å². The van der Waals surface area contributed by atoms with E-state index in [9.17, 15) is 9.18 Å². The highest BCUT2D eigenvalue weighted by molar-refractivity contribution is 5.96. The normalized spacial score (nSPS) is 15.0. The van der Waals surface area contributed by atoms with E-state index in [0.29, 0.717) is 22.7 Å². The van der Waals surface area contributed by atoms with E-state index in [2.05, 4.69) is 14.9 Å². The van der Waals surface area contributed by atoms with Gasteiger partial charge in [-0.2, -0.15) is 0 Å². The number of halogens is 1. The molecule has 0 unspecified atom stereocenters. The summed E-state index contributed by atoms with van der Waals surface area (Å²) in [4.78, 5) is 24.1. The summed E-state index contributed by atoms with van der Waals surface area (Å²) in [6.07, 6.45) is 6.38. The predicted molar refractivity (Wildman–Crippen MR) is 111 cm³/mol. The minimum Gasteiger partial charge on any atom is -0.443 e. The summed E-state index contributed by atoms with van der Waals surface area (Å²) in [5.74, 6) is 0.281. The fourth-order valence-electron chi connectivity index (χ4n) is 3.60. The number of carbonyl (C=O) groups is 1. The lowest BCUT2D eigenvalue weighted by Crippen LogP contribution is -2.30. The summed E-state index contributed by atoms with van der Waals surface area (Å²) in [5.41, 5.74) is 1.03. The number of rotatable bonds is 2. The zero-order chi connectivity index (χ0) is 20.6. The first-order valence-corrected chi connectivity index (χ1v) is 9.93. The van der Waals surface area contributed by atoms with Crippen molar-refractivity contribution in [2.45, 2.75) is 45.6 Å². The zero-order valence-corrected chi connectivity index (χ0v) is 17.0. The number of nitrogens with zero attached hydrogens (tertiary/aromatic N) is 4. The number of aromatic nitrogens is 3. The Morgan fingerprint density at radius 1 is 1.07 bits per heavy atom. The Kier molecular flexibility index (Phi) is 4.98. The molecule has 7 heteroatoms. The molecule has 3 heterocycles. The molecule has 1 fully saturated rings. The summed E-state index contributed by atoms with van der Waals surface area (Å²) in [6.45, 7) is 7.31. The van der Waals surface area contributed by atoms with Gasteiger partial charge in [-0.25, -0.2) is 23.7 Å². The summed E-state index contributed by atoms with van der Waals surface area (Å²) in [7, 11) is 0. The Bertz CT molecular complexity index is 1030. The van der Waals surface area contributed by atoms with Crippen molar-refractivity contribution in [2.24, 2.45) is 0 Å². The molecule has 0 bridgehead atoms. The van der Waals surface area contributed by atoms with Gasteiger partial charge >= 0.3 is 6.09 Å². The highest BCUT2D eigenvalue weighted by atomic mass is 19.1. The summed E-state index contributed by atoms with van der Waals surface area (Å²) in [5, 5.41) is 0.743. The Morgan fingerprint density at radius 3 is 2.41 bits per heavy atom. The molecule has 1 aromatic carbocycles. The topological polar surface area (TPSA) is 60.3 Å². The van der Waals surface area contributed by atoms with E-state index >= 15 is 0 Å². The minimum atomic E-state index is -0.674. The number of fused-ring (bicyclic) bond motifs is 1. The second-order valence-electron chi connectivity index (χ2n) is 8.37. The van der Waals surface area contributed by atoms with Gasteiger partial charge in [0.2, 0.25) is 5.95 Å². The first-order valence-electron chi connectivity index (χ1n) is 9.93. The van der Waals surface area contributed by atoms with Crippen molar-refractivity contribution in [1.82, 2.24) is 14.5 Å². The van der Waals surface area contributed by atoms with E-state index in [1.807, 2.05) is 6.07 Å². The quantitative estimate of drug-likeness (QED) is 0.609. The standard InChI is InChI=1S/C22H25FN4O2/c1-22(2,3)29-21(28)27-18(11-15-7-8-17(23)12-19(15)27)16-13-24-20(25-14-16)26-9-5-4-6-10-26/h7-8,11-14H,4-6,9-10H2,1-3H3. The number of piperidine rings is 1. The largest absolute Gasteiger partial charge is 0.443 e. The van der Waals surface area contributed by atoms with Crippen molar-refractivity contribution in [3.8, 4) is 11.3 Å². The van der Waals surface area contributed by atoms with Crippen molar-refractivity contribution in [3.05, 3.63) is 42.5 Å². The van der Waals surface area contributed by atoms with Crippen molar-refractivity contribution in [3.63, 3.8) is 0 Å². The van der Waals surface area contributed by atoms with Crippen molar-refractivity contribution < 1.29 is 13.9 Å². The van der Waals surface area contributed by atoms with Crippen LogP contribution in [0.5, 0.6) is 0 Å². The number of ether oxygens (including phenoxy) is 1. The van der Waals surface area contributed by atoms with Crippen LogP contribution < -0.4 is 4.90 Å². The third kappa shape index (κ3) is 4.09. The molecule has 0 saturated carbocycles. The van der Waals surface area contributed by atoms with Crippen LogP contribution in [0.2, 0.25) is 0 Å². The summed E-state index contributed by atoms with van der Waals surface area (Å²) >= 11 is 0. The second-order valence-corrected chi connectivity index (χ2v) is 8.37. The number of hydrogen-bond donors (Lipinski definition) is 0. The van der Waals surface area contributed by atoms with Gasteiger partial charge in [0, 0.05) is 36.4 Å². The SMILES string of the molecule is CC(C)(C)OC(=O)n1c(-c2cnc(N3CCCCC3)nc2)cc2ccc(F)cc21. The Morgan fingerprint density at radius 2 is 1.76 bits per heavy atom. The van der Waals surface area contributed by atoms with Crippen LogP contribution in [0.25, 0.3) is 22.2 Å². The molecule has 0 aliphatic carbocycles. The third-order valence-electron chi connectivity index (χ3n) is 4.92. The molecule has 1 saturated heterocycles. The van der Waals surface area contributed by atoms with E-state index in [-0.39, 0.29) is 0 Å². The average Bonchev–Trinajstić information content (AvgIpc) is 3.06. The summed E-state index contributed by atoms with van der Waals surface area (Å²) < 4.78 is 20.8. The molecule has 2 aromatic heterocycles. The van der Waals surface area contributed by atoms with Gasteiger partial charge in [-0.15, -0.1) is 0 Å². The van der Waals surface area contributed by atoms with Crippen LogP contribution in [-0.4, -0.2) is 39.3 Å². The van der Waals surface area contributed by atoms with Gasteiger partial charge in [0.15, 0.2) is 0 Å². The van der Waals surface area contributed by atoms with Crippen LogP contribution in [0, 0.1) is 5.82 Å². The number of carbonyl (C=O) groups excluding carboxylic acids is 1. The van der Waals surface area contributed by atoms with Crippen molar-refractivity contribution in [1.29, 1.82) is 0 Å². The zero-order valence-electron chi connectivity index (χ0n) is 17.0. The van der Waals surface area contributed by atoms with Crippen LogP contribution in [-0.2, 0) is 4.74 Å². The molecule has 3 aromatic rings. The van der Waals surface area contributed by atoms with Crippen LogP contribution in [0.15, 0.2) is 36.7 Å². The lowest BCUT2D eigenvalue weighted by atomic mass is 10.1. The van der Waals surface area contributed by atoms with Crippen LogP contribution >= 0.6 is 0 Å². The average molecular weight is 396 g/mol. The van der Waals surface area contributed by atoms with Gasteiger partial charge in [0.25, 0.3) is 0 Å². The fourth-order valence-corrected chi connectivity index (χ4v) is 3.60. The molecule has 152 valence electrons. The molecule has 6 nitrogen and oxygen atoms in total. The molecule has 0 amide bonds. The molecule has 1 aliphatic rings. The Labute approximate surface area is 169 Å². The van der Waals surface area contributed by atoms with Gasteiger partial charge in [-0.05, 0) is 64.3 Å². The van der Waals surface area contributed by atoms with Crippen LogP contribution in [0.1, 0.15) is 40.0 Å². The lowest BCUT2D eigenvalue weighted by molar-refractivity contribution is 0.0547. The van der Waals surface area contributed by atoms with E-state index in [4.69, 9.17) is 4.74 Å². The van der Waals surface area contributed by atoms with E-state index in [0.717, 1.165) is 31.3 Å². The molecule has 0 atom stereocenters. The van der Waals surface area contributed by atoms with Gasteiger partial charge < -0.3 is 9.64 Å². The van der Waals surface area contributed by atoms with E-state index in [1.165, 1.54) is 23.1 Å². The third-order valence-corrected chi connectivity index (χ3v) is 4.92. The van der Waals surface area contributed by atoms with Crippen LogP contribution in [0.4, 0.5) is 15.1 Å². The van der Waals surface area contributed by atoms with Gasteiger partial charge in [-0.1, -0.05) is 0 Å². The number of hydrogen-bond acceptors (Lipinski definition) is 5. The van der Waals surface area contributed by atoms with E-state index in [1.54, 1.807) is 39.2 Å². The minimum absolute atomic E-state index is 0.413. The molecular formula is C22H25FN4O2. The molecule has 29 heavy (non-hydrogen) atoms. The van der Waals surface area contributed by atoms with Gasteiger partial charge in [-0.3, -0.25) is 0 Å². The second kappa shape index (κ2) is 7.46. The van der Waals surface area contributed by atoms with Gasteiger partial charge in [0.05, 0.1) is 11.2 Å². The lowest BCUT2D eigenvalue weighted by Gasteiger charge is -2.26. The smallest absolute Gasteiger partial charge is 0.419 e. The maximum atomic E-state index is 13.9. The van der Waals surface area contributed by atoms with E-state index < -0.39 is 17.5 Å². The molecule has 1 aliphatic heterocycles. The molecular weight excluding hydrogens is 371 g/mol.